The Kier molecular flexibility index (Phi) is 42.2. The van der Waals surface area contributed by atoms with Crippen LogP contribution in [0.1, 0.15) is 189 Å². The summed E-state index contributed by atoms with van der Waals surface area (Å²) in [6, 6.07) is -18.5. The fourth-order valence-electron chi connectivity index (χ4n) is 13.6. The van der Waals surface area contributed by atoms with Crippen molar-refractivity contribution < 1.29 is 127 Å². The number of phenols is 1. The van der Waals surface area contributed by atoms with Crippen molar-refractivity contribution in [1.29, 1.82) is 0 Å². The number of hydrogen-bond donors (Lipinski definition) is 23. The number of unbranched alkanes of at least 4 members (excludes halogenated alkanes) is 10. The van der Waals surface area contributed by atoms with E-state index >= 15 is 0 Å². The minimum Gasteiger partial charge on any atom is -0.506 e. The van der Waals surface area contributed by atoms with Gasteiger partial charge in [0.25, 0.3) is 0 Å². The van der Waals surface area contributed by atoms with Crippen LogP contribution in [0.2, 0.25) is 0 Å². The minimum absolute atomic E-state index is 0.0273. The summed E-state index contributed by atoms with van der Waals surface area (Å²) in [6.45, 7) is 8.24. The van der Waals surface area contributed by atoms with Crippen molar-refractivity contribution in [2.24, 2.45) is 23.1 Å². The van der Waals surface area contributed by atoms with Crippen molar-refractivity contribution in [3.63, 3.8) is 0 Å². The summed E-state index contributed by atoms with van der Waals surface area (Å²) >= 11 is 0. The molecule has 1 aromatic carbocycles. The summed E-state index contributed by atoms with van der Waals surface area (Å²) in [5.41, 5.74) is 16.6. The van der Waals surface area contributed by atoms with Gasteiger partial charge in [0.15, 0.2) is 0 Å². The van der Waals surface area contributed by atoms with Crippen molar-refractivity contribution in [2.75, 3.05) is 31.5 Å². The van der Waals surface area contributed by atoms with Gasteiger partial charge >= 0.3 is 11.9 Å². The van der Waals surface area contributed by atoms with E-state index in [0.29, 0.717) is 17.7 Å². The standard InChI is InChI=1S/C76H124N16O26/c1-9-10-11-12-13-14-15-16-17-18-19-21-45-33-56(103)85-59(39(5)93)69(109)81-38(4)65(105)84-49(31-43-23-25-51(98)48(30-43)82-55(102)26-24-46(78)75(115)116)66(106)87-58(37(2)3)73(113)92-36-44(97)32-50(92)67(107)88-61(41(7)95)71(111)89-62(42(8)96)74(114)91-29-27-52(99)64(91)72(112)90-63(53(100)34-54(79)101)68(108)80-35-57(104)86-60(40(6)94)70(110)83-47(22-20-28-77)76(117)118-45/h23,25,30,37-42,44-47,49-50,52-53,58-64,93-100H,9-22,24,26-29,31-36,77-78H2,1-8H3,(H2,79,101)(H,80,108)(H,81,109)(H,82,102)(H,83,110)(H,84,105)(H,85,103)(H,86,104)(H,87,106)(H,88,107)(H,89,111)(H,90,112)(H,115,116)/t38-,39-,40-,41-,42-,44-,45-,46+,47+,49+,50+,52+,53-,58+,59-,60-,61-,62+,63+,64+/m1/s1. The number of benzene rings is 1. The number of carboxylic acids is 1. The second kappa shape index (κ2) is 49.5. The molecule has 664 valence electrons. The second-order valence-corrected chi connectivity index (χ2v) is 30.9. The van der Waals surface area contributed by atoms with Gasteiger partial charge in [-0.2, -0.15) is 0 Å². The lowest BCUT2D eigenvalue weighted by Gasteiger charge is -2.34. The van der Waals surface area contributed by atoms with Crippen molar-refractivity contribution in [3.8, 4) is 5.75 Å². The van der Waals surface area contributed by atoms with Gasteiger partial charge in [-0.15, -0.1) is 0 Å². The van der Waals surface area contributed by atoms with Crippen LogP contribution in [0.25, 0.3) is 0 Å². The Morgan fingerprint density at radius 1 is 0.593 bits per heavy atom. The van der Waals surface area contributed by atoms with Crippen molar-refractivity contribution in [3.05, 3.63) is 23.8 Å². The highest BCUT2D eigenvalue weighted by Gasteiger charge is 2.49. The third-order valence-corrected chi connectivity index (χ3v) is 20.4. The number of amides is 14. The number of fused-ring (bicyclic) bond motifs is 2. The predicted octanol–water partition coefficient (Wildman–Crippen LogP) is -6.34. The largest absolute Gasteiger partial charge is 0.506 e. The average molecular weight is 1680 g/mol. The topological polar surface area (TPSA) is 681 Å². The number of primary amides is 1. The third-order valence-electron chi connectivity index (χ3n) is 20.4. The Hall–Kier alpha value is -9.82. The molecule has 26 N–H and O–H groups in total. The van der Waals surface area contributed by atoms with Gasteiger partial charge in [-0.05, 0) is 103 Å². The summed E-state index contributed by atoms with van der Waals surface area (Å²) in [5.74, 6) is -20.5. The molecular weight excluding hydrogens is 1550 g/mol. The number of aliphatic hydroxyl groups excluding tert-OH is 7. The number of aromatic hydroxyl groups is 1. The molecule has 20 atom stereocenters. The molecule has 4 rings (SSSR count). The molecule has 42 nitrogen and oxygen atoms in total. The van der Waals surface area contributed by atoms with Crippen molar-refractivity contribution >= 4 is 100 Å². The number of aliphatic hydroxyl groups is 7. The number of nitrogens with two attached hydrogens (primary N) is 3. The third kappa shape index (κ3) is 32.1. The van der Waals surface area contributed by atoms with Crippen LogP contribution in [0.5, 0.6) is 5.75 Å². The van der Waals surface area contributed by atoms with E-state index in [4.69, 9.17) is 21.9 Å². The van der Waals surface area contributed by atoms with Gasteiger partial charge in [-0.3, -0.25) is 71.9 Å². The van der Waals surface area contributed by atoms with Crippen LogP contribution in [-0.2, 0) is 87.9 Å². The van der Waals surface area contributed by atoms with Gasteiger partial charge in [0, 0.05) is 32.4 Å². The lowest BCUT2D eigenvalue weighted by Crippen LogP contribution is -2.64. The monoisotopic (exact) mass is 1680 g/mol. The zero-order chi connectivity index (χ0) is 88.5. The van der Waals surface area contributed by atoms with Crippen LogP contribution < -0.4 is 75.7 Å². The van der Waals surface area contributed by atoms with Crippen LogP contribution in [-0.4, -0.2) is 298 Å². The molecule has 3 aliphatic heterocycles. The Morgan fingerprint density at radius 2 is 1.12 bits per heavy atom. The maximum absolute atomic E-state index is 15.0. The quantitative estimate of drug-likeness (QED) is 0.0194. The van der Waals surface area contributed by atoms with Crippen molar-refractivity contribution in [1.82, 2.24) is 63.0 Å². The Balaban J connectivity index is 1.86. The van der Waals surface area contributed by atoms with E-state index in [1.807, 2.05) is 0 Å². The highest BCUT2D eigenvalue weighted by atomic mass is 16.5. The molecule has 118 heavy (non-hydrogen) atoms. The Labute approximate surface area is 683 Å². The molecule has 0 unspecified atom stereocenters. The van der Waals surface area contributed by atoms with Gasteiger partial charge in [-0.1, -0.05) is 91.0 Å². The number of rotatable bonds is 30. The number of phenolic OH excluding ortho intramolecular Hbond substituents is 1. The van der Waals surface area contributed by atoms with Crippen LogP contribution in [0.4, 0.5) is 5.69 Å². The molecule has 14 amide bonds. The van der Waals surface area contributed by atoms with Crippen LogP contribution >= 0.6 is 0 Å². The Morgan fingerprint density at radius 3 is 1.69 bits per heavy atom. The zero-order valence-electron chi connectivity index (χ0n) is 68.1. The maximum atomic E-state index is 15.0. The number of esters is 1. The smallest absolute Gasteiger partial charge is 0.328 e. The van der Waals surface area contributed by atoms with E-state index in [1.54, 1.807) is 0 Å². The van der Waals surface area contributed by atoms with Crippen LogP contribution in [0.3, 0.4) is 0 Å². The number of carbonyl (C=O) groups excluding carboxylic acids is 15. The van der Waals surface area contributed by atoms with Crippen molar-refractivity contribution in [2.45, 2.75) is 312 Å². The van der Waals surface area contributed by atoms with E-state index in [-0.39, 0.29) is 49.9 Å². The first-order valence-electron chi connectivity index (χ1n) is 40.2. The molecule has 0 spiro atoms. The molecular formula is C76H124N16O26. The summed E-state index contributed by atoms with van der Waals surface area (Å²) in [4.78, 5) is 225. The molecule has 0 aliphatic carbocycles. The molecule has 3 fully saturated rings. The summed E-state index contributed by atoms with van der Waals surface area (Å²) < 4.78 is 5.95. The Bertz CT molecular complexity index is 3610. The number of ether oxygens (including phenoxy) is 1. The second-order valence-electron chi connectivity index (χ2n) is 30.9. The highest BCUT2D eigenvalue weighted by molar-refractivity contribution is 6.01. The lowest BCUT2D eigenvalue weighted by molar-refractivity contribution is -0.155. The number of anilines is 1. The zero-order valence-corrected chi connectivity index (χ0v) is 68.1. The van der Waals surface area contributed by atoms with Gasteiger partial charge in [0.2, 0.25) is 82.7 Å². The van der Waals surface area contributed by atoms with Gasteiger partial charge in [0.1, 0.15) is 84.4 Å². The lowest BCUT2D eigenvalue weighted by atomic mass is 9.99. The number of nitrogens with one attached hydrogen (secondary N) is 11. The molecule has 0 radical (unpaired) electrons. The summed E-state index contributed by atoms with van der Waals surface area (Å²) in [7, 11) is 0. The van der Waals surface area contributed by atoms with E-state index < -0.39 is 279 Å². The molecule has 42 heteroatoms. The van der Waals surface area contributed by atoms with Crippen LogP contribution in [0, 0.1) is 5.92 Å². The normalized spacial score (nSPS) is 26.9. The summed E-state index contributed by atoms with van der Waals surface area (Å²) in [5, 5.41) is 123. The predicted molar refractivity (Wildman–Crippen MR) is 419 cm³/mol. The van der Waals surface area contributed by atoms with Gasteiger partial charge in [-0.25, -0.2) is 4.79 Å². The van der Waals surface area contributed by atoms with E-state index in [1.165, 1.54) is 26.0 Å². The average Bonchev–Trinajstić information content (AvgIpc) is 1.63. The molecule has 1 aromatic rings. The molecule has 3 saturated heterocycles. The number of carbonyl (C=O) groups is 16. The van der Waals surface area contributed by atoms with Gasteiger partial charge in [0.05, 0.1) is 67.8 Å². The number of carboxylic acid groups (broad SMARTS) is 1. The SMILES string of the molecule is CCCCCCCCCCCCC[C@@H]1CC(=O)N[C@H]([C@@H](C)O)C(=O)N[C@H](C)C(=O)N[C@@H](Cc2ccc(O)c(NC(=O)CC[C@H](N)C(=O)O)c2)C(=O)N[C@@H](C(C)C)C(=O)N2C[C@H](O)C[C@H]2C(=O)N[C@H]([C@@H](C)O)C(=O)N[C@@H]([C@@H](C)O)C(=O)N2CC[C@H](O)[C@H]2C(=O)N[C@@H]([C@H](O)CC(N)=O)C(=O)NCC(=O)N[C@H]([C@@H](C)O)C(=O)N[C@@H](CCCN)C(=O)O1. The number of hydrogen-bond acceptors (Lipinski definition) is 27. The number of cyclic esters (lactones) is 1. The van der Waals surface area contributed by atoms with E-state index in [0.717, 1.165) is 103 Å². The first-order chi connectivity index (χ1) is 55.5. The molecule has 0 aromatic heterocycles. The van der Waals surface area contributed by atoms with E-state index in [9.17, 15) is 123 Å². The summed E-state index contributed by atoms with van der Waals surface area (Å²) in [6.07, 6.45) is -7.88. The first-order valence-corrected chi connectivity index (χ1v) is 40.2. The molecule has 0 saturated carbocycles. The fourth-order valence-corrected chi connectivity index (χ4v) is 13.6. The highest BCUT2D eigenvalue weighted by Crippen LogP contribution is 2.28. The number of nitrogens with zero attached hydrogens (tertiary/aromatic N) is 2. The molecule has 3 aliphatic rings. The maximum Gasteiger partial charge on any atom is 0.328 e. The first kappa shape index (κ1) is 101. The van der Waals surface area contributed by atoms with Crippen LogP contribution in [0.15, 0.2) is 18.2 Å². The minimum atomic E-state index is -2.24. The van der Waals surface area contributed by atoms with Gasteiger partial charge < -0.3 is 136 Å². The molecule has 0 bridgehead atoms. The number of aliphatic carboxylic acids is 1. The van der Waals surface area contributed by atoms with E-state index in [2.05, 4.69) is 65.4 Å². The molecule has 3 heterocycles. The fraction of sp³-hybridized carbons (Fsp3) is 0.711.